The van der Waals surface area contributed by atoms with E-state index in [4.69, 9.17) is 17.3 Å². The summed E-state index contributed by atoms with van der Waals surface area (Å²) in [4.78, 5) is 0. The molecule has 1 aromatic heterocycles. The van der Waals surface area contributed by atoms with Gasteiger partial charge in [-0.15, -0.1) is 0 Å². The molecule has 0 fully saturated rings. The van der Waals surface area contributed by atoms with Crippen molar-refractivity contribution in [2.24, 2.45) is 5.73 Å². The number of rotatable bonds is 2. The Morgan fingerprint density at radius 1 is 1.57 bits per heavy atom. The van der Waals surface area contributed by atoms with Gasteiger partial charge >= 0.3 is 0 Å². The minimum absolute atomic E-state index is 0.123. The molecule has 0 radical (unpaired) electrons. The summed E-state index contributed by atoms with van der Waals surface area (Å²) in [5.74, 6) is 0. The van der Waals surface area contributed by atoms with E-state index in [-0.39, 0.29) is 6.04 Å². The van der Waals surface area contributed by atoms with Crippen molar-refractivity contribution in [3.8, 4) is 0 Å². The number of nitrogens with one attached hydrogen (secondary N) is 1. The van der Waals surface area contributed by atoms with E-state index >= 15 is 0 Å². The molecule has 0 aliphatic rings. The van der Waals surface area contributed by atoms with Crippen LogP contribution in [0.2, 0.25) is 5.02 Å². The number of halogens is 1. The van der Waals surface area contributed by atoms with Gasteiger partial charge in [-0.2, -0.15) is 5.10 Å². The van der Waals surface area contributed by atoms with Gasteiger partial charge in [0, 0.05) is 28.6 Å². The lowest BCUT2D eigenvalue weighted by atomic mass is 10.1. The molecule has 0 saturated carbocycles. The summed E-state index contributed by atoms with van der Waals surface area (Å²) < 4.78 is 0. The second kappa shape index (κ2) is 3.59. The number of aromatic nitrogens is 2. The third-order valence-electron chi connectivity index (χ3n) is 2.12. The minimum Gasteiger partial charge on any atom is -0.328 e. The van der Waals surface area contributed by atoms with Crippen LogP contribution in [0, 0.1) is 0 Å². The molecule has 14 heavy (non-hydrogen) atoms. The highest BCUT2D eigenvalue weighted by Crippen LogP contribution is 2.21. The number of aromatic amines is 1. The van der Waals surface area contributed by atoms with Gasteiger partial charge in [-0.25, -0.2) is 0 Å². The summed E-state index contributed by atoms with van der Waals surface area (Å²) in [5, 5.41) is 8.95. The van der Waals surface area contributed by atoms with E-state index in [1.165, 1.54) is 0 Å². The first-order chi connectivity index (χ1) is 6.66. The van der Waals surface area contributed by atoms with Gasteiger partial charge in [0.1, 0.15) is 0 Å². The first-order valence-electron chi connectivity index (χ1n) is 4.55. The van der Waals surface area contributed by atoms with Gasteiger partial charge in [0.15, 0.2) is 0 Å². The molecule has 0 aliphatic heterocycles. The monoisotopic (exact) mass is 209 g/mol. The Bertz CT molecular complexity index is 448. The van der Waals surface area contributed by atoms with Gasteiger partial charge in [-0.05, 0) is 25.1 Å². The van der Waals surface area contributed by atoms with Crippen LogP contribution in [-0.4, -0.2) is 16.2 Å². The van der Waals surface area contributed by atoms with Crippen LogP contribution in [0.4, 0.5) is 0 Å². The number of hydrogen-bond donors (Lipinski definition) is 2. The highest BCUT2D eigenvalue weighted by Gasteiger charge is 2.07. The molecule has 1 aromatic carbocycles. The lowest BCUT2D eigenvalue weighted by Crippen LogP contribution is -2.18. The van der Waals surface area contributed by atoms with Crippen molar-refractivity contribution in [3.63, 3.8) is 0 Å². The number of H-pyrrole nitrogens is 1. The predicted octanol–water partition coefficient (Wildman–Crippen LogP) is 2.11. The molecule has 74 valence electrons. The number of hydrogen-bond acceptors (Lipinski definition) is 2. The fourth-order valence-electron chi connectivity index (χ4n) is 1.51. The average Bonchev–Trinajstić information content (AvgIpc) is 2.47. The third kappa shape index (κ3) is 1.74. The van der Waals surface area contributed by atoms with E-state index in [0.717, 1.165) is 28.0 Å². The van der Waals surface area contributed by atoms with Crippen LogP contribution in [0.15, 0.2) is 18.2 Å². The molecule has 3 nitrogen and oxygen atoms in total. The quantitative estimate of drug-likeness (QED) is 0.796. The smallest absolute Gasteiger partial charge is 0.0924 e. The standard InChI is InChI=1S/C10H12ClN3/c1-6(12)4-10-8-5-7(11)2-3-9(8)13-14-10/h2-3,5-6H,4,12H2,1H3,(H,13,14). The van der Waals surface area contributed by atoms with E-state index in [2.05, 4.69) is 10.2 Å². The maximum Gasteiger partial charge on any atom is 0.0924 e. The number of benzene rings is 1. The first kappa shape index (κ1) is 9.49. The molecule has 0 bridgehead atoms. The Hall–Kier alpha value is -1.06. The first-order valence-corrected chi connectivity index (χ1v) is 4.92. The Kier molecular flexibility index (Phi) is 2.44. The van der Waals surface area contributed by atoms with Crippen molar-refractivity contribution in [2.75, 3.05) is 0 Å². The van der Waals surface area contributed by atoms with Crippen molar-refractivity contribution >= 4 is 22.5 Å². The highest BCUT2D eigenvalue weighted by atomic mass is 35.5. The fraction of sp³-hybridized carbons (Fsp3) is 0.300. The van der Waals surface area contributed by atoms with Crippen LogP contribution >= 0.6 is 11.6 Å². The Labute approximate surface area is 87.2 Å². The van der Waals surface area contributed by atoms with E-state index in [0.29, 0.717) is 0 Å². The van der Waals surface area contributed by atoms with Crippen molar-refractivity contribution in [2.45, 2.75) is 19.4 Å². The minimum atomic E-state index is 0.123. The van der Waals surface area contributed by atoms with E-state index in [1.54, 1.807) is 0 Å². The SMILES string of the molecule is CC(N)Cc1[nH]nc2ccc(Cl)cc12. The summed E-state index contributed by atoms with van der Waals surface area (Å²) in [6.07, 6.45) is 0.789. The molecule has 0 amide bonds. The summed E-state index contributed by atoms with van der Waals surface area (Å²) >= 11 is 5.91. The van der Waals surface area contributed by atoms with Crippen molar-refractivity contribution in [3.05, 3.63) is 28.9 Å². The summed E-state index contributed by atoms with van der Waals surface area (Å²) in [7, 11) is 0. The van der Waals surface area contributed by atoms with Crippen LogP contribution in [0.25, 0.3) is 10.9 Å². The van der Waals surface area contributed by atoms with Crippen LogP contribution < -0.4 is 5.73 Å². The van der Waals surface area contributed by atoms with Crippen molar-refractivity contribution < 1.29 is 0 Å². The van der Waals surface area contributed by atoms with Gasteiger partial charge in [0.2, 0.25) is 0 Å². The lowest BCUT2D eigenvalue weighted by Gasteiger charge is -2.02. The molecule has 4 heteroatoms. The van der Waals surface area contributed by atoms with Crippen molar-refractivity contribution in [1.29, 1.82) is 0 Å². The molecule has 2 rings (SSSR count). The summed E-state index contributed by atoms with van der Waals surface area (Å²) in [6.45, 7) is 1.97. The van der Waals surface area contributed by atoms with Crippen LogP contribution in [-0.2, 0) is 6.42 Å². The van der Waals surface area contributed by atoms with E-state index in [9.17, 15) is 0 Å². The van der Waals surface area contributed by atoms with Gasteiger partial charge in [0.25, 0.3) is 0 Å². The zero-order valence-corrected chi connectivity index (χ0v) is 8.67. The van der Waals surface area contributed by atoms with Gasteiger partial charge in [0.05, 0.1) is 5.52 Å². The van der Waals surface area contributed by atoms with E-state index in [1.807, 2.05) is 25.1 Å². The predicted molar refractivity (Wildman–Crippen MR) is 58.5 cm³/mol. The molecule has 0 saturated heterocycles. The molecule has 3 N–H and O–H groups in total. The van der Waals surface area contributed by atoms with Crippen LogP contribution in [0.5, 0.6) is 0 Å². The molecule has 1 atom stereocenters. The second-order valence-electron chi connectivity index (χ2n) is 3.55. The molecular weight excluding hydrogens is 198 g/mol. The third-order valence-corrected chi connectivity index (χ3v) is 2.36. The molecule has 0 aliphatic carbocycles. The molecule has 1 heterocycles. The molecule has 0 spiro atoms. The largest absolute Gasteiger partial charge is 0.328 e. The molecule has 1 unspecified atom stereocenters. The topological polar surface area (TPSA) is 54.7 Å². The summed E-state index contributed by atoms with van der Waals surface area (Å²) in [6, 6.07) is 5.77. The summed E-state index contributed by atoms with van der Waals surface area (Å²) in [5.41, 5.74) is 7.72. The van der Waals surface area contributed by atoms with Crippen LogP contribution in [0.3, 0.4) is 0 Å². The Morgan fingerprint density at radius 3 is 3.07 bits per heavy atom. The van der Waals surface area contributed by atoms with Gasteiger partial charge in [-0.3, -0.25) is 5.10 Å². The highest BCUT2D eigenvalue weighted by molar-refractivity contribution is 6.31. The lowest BCUT2D eigenvalue weighted by molar-refractivity contribution is 0.722. The second-order valence-corrected chi connectivity index (χ2v) is 3.98. The fourth-order valence-corrected chi connectivity index (χ4v) is 1.69. The Morgan fingerprint density at radius 2 is 2.36 bits per heavy atom. The van der Waals surface area contributed by atoms with Gasteiger partial charge in [-0.1, -0.05) is 11.6 Å². The Balaban J connectivity index is 2.50. The average molecular weight is 210 g/mol. The van der Waals surface area contributed by atoms with E-state index < -0.39 is 0 Å². The molecule has 2 aromatic rings. The maximum absolute atomic E-state index is 5.91. The number of nitrogens with zero attached hydrogens (tertiary/aromatic N) is 1. The number of fused-ring (bicyclic) bond motifs is 1. The normalized spacial score (nSPS) is 13.4. The van der Waals surface area contributed by atoms with Crippen LogP contribution in [0.1, 0.15) is 12.6 Å². The van der Waals surface area contributed by atoms with Gasteiger partial charge < -0.3 is 5.73 Å². The zero-order chi connectivity index (χ0) is 10.1. The number of nitrogens with two attached hydrogens (primary N) is 1. The molecular formula is C10H12ClN3. The maximum atomic E-state index is 5.91. The zero-order valence-electron chi connectivity index (χ0n) is 7.92. The van der Waals surface area contributed by atoms with Crippen molar-refractivity contribution in [1.82, 2.24) is 10.2 Å².